The predicted octanol–water partition coefficient (Wildman–Crippen LogP) is 0.240. The van der Waals surface area contributed by atoms with Crippen LogP contribution < -0.4 is 0 Å². The van der Waals surface area contributed by atoms with Crippen LogP contribution >= 0.6 is 0 Å². The molecule has 4 aliphatic carbocycles. The van der Waals surface area contributed by atoms with Crippen molar-refractivity contribution >= 4 is 11.8 Å². The van der Waals surface area contributed by atoms with Gasteiger partial charge in [0, 0.05) is 11.8 Å². The van der Waals surface area contributed by atoms with Crippen LogP contribution in [0.5, 0.6) is 0 Å². The van der Waals surface area contributed by atoms with Gasteiger partial charge in [0.05, 0.1) is 13.0 Å². The number of methoxy groups -OCH3 is 1. The van der Waals surface area contributed by atoms with Gasteiger partial charge in [-0.25, -0.2) is 0 Å². The van der Waals surface area contributed by atoms with Gasteiger partial charge in [-0.2, -0.15) is 0 Å². The third-order valence-electron chi connectivity index (χ3n) is 3.77. The van der Waals surface area contributed by atoms with Crippen LogP contribution in [0.4, 0.5) is 0 Å². The first-order chi connectivity index (χ1) is 5.75. The van der Waals surface area contributed by atoms with Crippen LogP contribution in [0.1, 0.15) is 6.42 Å². The Balaban J connectivity index is 1.93. The first kappa shape index (κ1) is 6.63. The van der Waals surface area contributed by atoms with Crippen molar-refractivity contribution in [1.82, 2.24) is 0 Å². The Morgan fingerprint density at radius 2 is 2.33 bits per heavy atom. The summed E-state index contributed by atoms with van der Waals surface area (Å²) in [6.45, 7) is 0. The van der Waals surface area contributed by atoms with E-state index < -0.39 is 0 Å². The summed E-state index contributed by atoms with van der Waals surface area (Å²) in [7, 11) is 1.40. The van der Waals surface area contributed by atoms with Gasteiger partial charge in [0.2, 0.25) is 0 Å². The number of carbonyl (C=O) groups is 2. The van der Waals surface area contributed by atoms with Crippen molar-refractivity contribution in [2.24, 2.45) is 29.6 Å². The maximum Gasteiger partial charge on any atom is 0.309 e. The molecular weight excluding hydrogens is 156 g/mol. The molecule has 0 heterocycles. The maximum absolute atomic E-state index is 11.4. The van der Waals surface area contributed by atoms with E-state index in [1.165, 1.54) is 7.11 Å². The Morgan fingerprint density at radius 3 is 2.67 bits per heavy atom. The number of ketones is 1. The van der Waals surface area contributed by atoms with E-state index in [1.54, 1.807) is 0 Å². The standard InChI is InChI=1S/C9H10O3/c1-12-9(11)7-4-2-3-5(7)6(3)8(4)10/h3-7H,2H2,1H3/t3-,4-,5+,6-,7+/m1/s1. The van der Waals surface area contributed by atoms with Crippen molar-refractivity contribution in [3.05, 3.63) is 0 Å². The fourth-order valence-corrected chi connectivity index (χ4v) is 3.30. The highest BCUT2D eigenvalue weighted by Gasteiger charge is 2.75. The van der Waals surface area contributed by atoms with Crippen molar-refractivity contribution in [3.63, 3.8) is 0 Å². The lowest BCUT2D eigenvalue weighted by molar-refractivity contribution is -0.147. The van der Waals surface area contributed by atoms with Gasteiger partial charge >= 0.3 is 5.97 Å². The Bertz CT molecular complexity index is 283. The topological polar surface area (TPSA) is 43.4 Å². The van der Waals surface area contributed by atoms with Crippen LogP contribution in [0, 0.1) is 29.6 Å². The highest BCUT2D eigenvalue weighted by Crippen LogP contribution is 2.71. The summed E-state index contributed by atoms with van der Waals surface area (Å²) in [4.78, 5) is 22.7. The fraction of sp³-hybridized carbons (Fsp3) is 0.778. The molecule has 0 aliphatic heterocycles. The highest BCUT2D eigenvalue weighted by atomic mass is 16.5. The molecule has 4 bridgehead atoms. The summed E-state index contributed by atoms with van der Waals surface area (Å²) >= 11 is 0. The lowest BCUT2D eigenvalue weighted by Crippen LogP contribution is -2.21. The molecule has 3 nitrogen and oxygen atoms in total. The molecule has 0 amide bonds. The second-order valence-corrected chi connectivity index (χ2v) is 4.06. The summed E-state index contributed by atoms with van der Waals surface area (Å²) in [6, 6.07) is 0. The smallest absolute Gasteiger partial charge is 0.309 e. The number of rotatable bonds is 1. The van der Waals surface area contributed by atoms with Crippen molar-refractivity contribution in [2.75, 3.05) is 7.11 Å². The van der Waals surface area contributed by atoms with Gasteiger partial charge in [-0.15, -0.1) is 0 Å². The predicted molar refractivity (Wildman–Crippen MR) is 39.1 cm³/mol. The average Bonchev–Trinajstić information content (AvgIpc) is 2.42. The molecule has 4 fully saturated rings. The second-order valence-electron chi connectivity index (χ2n) is 4.06. The Kier molecular flexibility index (Phi) is 0.955. The van der Waals surface area contributed by atoms with Gasteiger partial charge in [-0.3, -0.25) is 9.59 Å². The minimum Gasteiger partial charge on any atom is -0.469 e. The molecule has 0 saturated heterocycles. The van der Waals surface area contributed by atoms with E-state index in [-0.39, 0.29) is 23.7 Å². The van der Waals surface area contributed by atoms with Crippen molar-refractivity contribution in [3.8, 4) is 0 Å². The number of Topliss-reactive ketones (excluding diaryl/α,β-unsaturated/α-hetero) is 1. The molecule has 12 heavy (non-hydrogen) atoms. The quantitative estimate of drug-likeness (QED) is 0.524. The average molecular weight is 166 g/mol. The molecule has 0 spiro atoms. The largest absolute Gasteiger partial charge is 0.469 e. The van der Waals surface area contributed by atoms with Crippen LogP contribution in [-0.2, 0) is 14.3 Å². The maximum atomic E-state index is 11.4. The molecule has 4 rings (SSSR count). The van der Waals surface area contributed by atoms with E-state index in [2.05, 4.69) is 4.74 Å². The monoisotopic (exact) mass is 166 g/mol. The minimum atomic E-state index is -0.166. The number of ether oxygens (including phenoxy) is 1. The molecule has 0 aromatic rings. The molecule has 0 radical (unpaired) electrons. The minimum absolute atomic E-state index is 0.0254. The third kappa shape index (κ3) is 0.490. The number of carbonyl (C=O) groups excluding carboxylic acids is 2. The van der Waals surface area contributed by atoms with E-state index in [1.807, 2.05) is 0 Å². The van der Waals surface area contributed by atoms with Crippen LogP contribution in [0.2, 0.25) is 0 Å². The number of esters is 1. The van der Waals surface area contributed by atoms with Crippen LogP contribution in [0.15, 0.2) is 0 Å². The van der Waals surface area contributed by atoms with Crippen LogP contribution in [0.3, 0.4) is 0 Å². The zero-order valence-corrected chi connectivity index (χ0v) is 6.82. The van der Waals surface area contributed by atoms with E-state index >= 15 is 0 Å². The molecule has 64 valence electrons. The van der Waals surface area contributed by atoms with Crippen molar-refractivity contribution in [1.29, 1.82) is 0 Å². The summed E-state index contributed by atoms with van der Waals surface area (Å²) < 4.78 is 4.69. The zero-order valence-electron chi connectivity index (χ0n) is 6.82. The van der Waals surface area contributed by atoms with Gasteiger partial charge in [0.25, 0.3) is 0 Å². The van der Waals surface area contributed by atoms with Crippen molar-refractivity contribution < 1.29 is 14.3 Å². The summed E-state index contributed by atoms with van der Waals surface area (Å²) in [5, 5.41) is 0. The van der Waals surface area contributed by atoms with Crippen LogP contribution in [-0.4, -0.2) is 18.9 Å². The Labute approximate surface area is 70.1 Å². The summed E-state index contributed by atoms with van der Waals surface area (Å²) in [5.74, 6) is 1.29. The molecule has 0 N–H and O–H groups in total. The molecule has 4 saturated carbocycles. The lowest BCUT2D eigenvalue weighted by Gasteiger charge is -2.09. The molecule has 0 aromatic heterocycles. The Morgan fingerprint density at radius 1 is 1.58 bits per heavy atom. The Hall–Kier alpha value is -0.860. The van der Waals surface area contributed by atoms with E-state index in [0.717, 1.165) is 6.42 Å². The SMILES string of the molecule is COC(=O)[C@@H]1[C@H]2[C@H]3C[C@H]1C(=O)[C@H]32. The molecule has 0 unspecified atom stereocenters. The molecule has 3 heteroatoms. The first-order valence-corrected chi connectivity index (χ1v) is 4.37. The zero-order chi connectivity index (χ0) is 8.46. The molecule has 5 atom stereocenters. The highest BCUT2D eigenvalue weighted by molar-refractivity contribution is 5.98. The van der Waals surface area contributed by atoms with Gasteiger partial charge in [-0.05, 0) is 18.3 Å². The first-order valence-electron chi connectivity index (χ1n) is 4.37. The lowest BCUT2D eigenvalue weighted by atomic mass is 9.98. The number of hydrogen-bond acceptors (Lipinski definition) is 3. The normalized spacial score (nSPS) is 52.8. The summed E-state index contributed by atoms with van der Waals surface area (Å²) in [6.07, 6.45) is 0.952. The summed E-state index contributed by atoms with van der Waals surface area (Å²) in [5.41, 5.74) is 0. The van der Waals surface area contributed by atoms with E-state index in [0.29, 0.717) is 17.6 Å². The number of hydrogen-bond donors (Lipinski definition) is 0. The fourth-order valence-electron chi connectivity index (χ4n) is 3.30. The van der Waals surface area contributed by atoms with E-state index in [4.69, 9.17) is 0 Å². The second kappa shape index (κ2) is 1.73. The van der Waals surface area contributed by atoms with Gasteiger partial charge in [0.15, 0.2) is 0 Å². The van der Waals surface area contributed by atoms with Crippen molar-refractivity contribution in [2.45, 2.75) is 6.42 Å². The van der Waals surface area contributed by atoms with Gasteiger partial charge in [0.1, 0.15) is 5.78 Å². The van der Waals surface area contributed by atoms with Gasteiger partial charge < -0.3 is 4.74 Å². The third-order valence-corrected chi connectivity index (χ3v) is 3.77. The van der Waals surface area contributed by atoms with Crippen LogP contribution in [0.25, 0.3) is 0 Å². The molecule has 0 aromatic carbocycles. The molecule has 4 aliphatic rings. The molecular formula is C9H10O3. The van der Waals surface area contributed by atoms with Gasteiger partial charge in [-0.1, -0.05) is 0 Å². The van der Waals surface area contributed by atoms with E-state index in [9.17, 15) is 9.59 Å².